The third-order valence-electron chi connectivity index (χ3n) is 5.82. The van der Waals surface area contributed by atoms with E-state index in [4.69, 9.17) is 4.74 Å². The van der Waals surface area contributed by atoms with Crippen molar-refractivity contribution in [1.82, 2.24) is 9.88 Å². The van der Waals surface area contributed by atoms with Crippen molar-refractivity contribution in [2.75, 3.05) is 20.2 Å². The summed E-state index contributed by atoms with van der Waals surface area (Å²) >= 11 is 0. The zero-order valence-corrected chi connectivity index (χ0v) is 14.6. The van der Waals surface area contributed by atoms with E-state index in [2.05, 4.69) is 22.5 Å². The van der Waals surface area contributed by atoms with Crippen molar-refractivity contribution in [2.45, 2.75) is 25.0 Å². The molecule has 4 unspecified atom stereocenters. The summed E-state index contributed by atoms with van der Waals surface area (Å²) in [4.78, 5) is 6.86. The van der Waals surface area contributed by atoms with Crippen molar-refractivity contribution in [3.63, 3.8) is 0 Å². The zero-order chi connectivity index (χ0) is 16.7. The number of aliphatic hydroxyl groups is 1. The number of aliphatic hydroxyl groups excluding tert-OH is 1. The van der Waals surface area contributed by atoms with Crippen LogP contribution in [0.3, 0.4) is 0 Å². The third-order valence-corrected chi connectivity index (χ3v) is 5.82. The van der Waals surface area contributed by atoms with Crippen LogP contribution in [0.25, 0.3) is 10.9 Å². The summed E-state index contributed by atoms with van der Waals surface area (Å²) in [6.45, 7) is 6.07. The van der Waals surface area contributed by atoms with Crippen LogP contribution in [0.5, 0.6) is 5.75 Å². The number of methoxy groups -OCH3 is 1. The van der Waals surface area contributed by atoms with E-state index in [1.54, 1.807) is 13.3 Å². The van der Waals surface area contributed by atoms with Gasteiger partial charge in [-0.15, -0.1) is 6.58 Å². The SMILES string of the molecule is C=CC1CN2CCC1C[C@@H]2C(O)c1ccnc2ccc(OC)cc12.O. The molecule has 3 saturated heterocycles. The molecular weight excluding hydrogens is 316 g/mol. The normalized spacial score (nSPS) is 29.0. The first kappa shape index (κ1) is 17.9. The molecule has 2 bridgehead atoms. The number of rotatable bonds is 4. The Balaban J connectivity index is 0.00000182. The standard InChI is InChI=1S/C20H24N2O2.H2O/c1-3-13-12-22-9-7-14(13)10-19(22)20(23)16-6-8-21-18-5-4-15(24-2)11-17(16)18;/h3-6,8,11,13-14,19-20,23H,1,7,9-10,12H2,2H3;1H2/t13?,14?,19-,20?;/m1./s1. The molecular formula is C20H26N2O3. The van der Waals surface area contributed by atoms with Crippen LogP contribution in [-0.4, -0.2) is 46.7 Å². The number of benzene rings is 1. The minimum atomic E-state index is -0.504. The molecule has 0 radical (unpaired) electrons. The summed E-state index contributed by atoms with van der Waals surface area (Å²) in [6.07, 6.45) is 5.62. The third kappa shape index (κ3) is 3.03. The van der Waals surface area contributed by atoms with Crippen LogP contribution in [0, 0.1) is 11.8 Å². The molecule has 0 saturated carbocycles. The number of ether oxygens (including phenoxy) is 1. The average Bonchev–Trinajstić information content (AvgIpc) is 2.66. The van der Waals surface area contributed by atoms with Crippen LogP contribution < -0.4 is 4.74 Å². The minimum Gasteiger partial charge on any atom is -0.497 e. The van der Waals surface area contributed by atoms with Crippen LogP contribution >= 0.6 is 0 Å². The second-order valence-corrected chi connectivity index (χ2v) is 6.97. The summed E-state index contributed by atoms with van der Waals surface area (Å²) in [5.74, 6) is 2.01. The zero-order valence-electron chi connectivity index (χ0n) is 14.6. The molecule has 1 aromatic carbocycles. The first-order chi connectivity index (χ1) is 11.7. The van der Waals surface area contributed by atoms with Gasteiger partial charge in [-0.25, -0.2) is 0 Å². The first-order valence-electron chi connectivity index (χ1n) is 8.68. The quantitative estimate of drug-likeness (QED) is 0.865. The molecule has 2 aromatic rings. The van der Waals surface area contributed by atoms with Crippen molar-refractivity contribution in [2.24, 2.45) is 11.8 Å². The number of fused-ring (bicyclic) bond motifs is 4. The molecule has 134 valence electrons. The van der Waals surface area contributed by atoms with Gasteiger partial charge < -0.3 is 15.3 Å². The molecule has 5 rings (SSSR count). The van der Waals surface area contributed by atoms with Gasteiger partial charge in [0, 0.05) is 24.2 Å². The Bertz CT molecular complexity index is 764. The monoisotopic (exact) mass is 342 g/mol. The highest BCUT2D eigenvalue weighted by atomic mass is 16.5. The highest BCUT2D eigenvalue weighted by Crippen LogP contribution is 2.42. The van der Waals surface area contributed by atoms with Gasteiger partial charge in [0.1, 0.15) is 5.75 Å². The van der Waals surface area contributed by atoms with E-state index in [9.17, 15) is 5.11 Å². The summed E-state index contributed by atoms with van der Waals surface area (Å²) in [5, 5.41) is 12.1. The maximum absolute atomic E-state index is 11.2. The Morgan fingerprint density at radius 1 is 1.40 bits per heavy atom. The smallest absolute Gasteiger partial charge is 0.119 e. The predicted molar refractivity (Wildman–Crippen MR) is 98.6 cm³/mol. The molecule has 4 heterocycles. The predicted octanol–water partition coefficient (Wildman–Crippen LogP) is 2.35. The van der Waals surface area contributed by atoms with E-state index in [1.807, 2.05) is 24.3 Å². The first-order valence-corrected chi connectivity index (χ1v) is 8.68. The Labute approximate surface area is 148 Å². The van der Waals surface area contributed by atoms with Crippen LogP contribution in [0.1, 0.15) is 24.5 Å². The topological polar surface area (TPSA) is 77.1 Å². The van der Waals surface area contributed by atoms with Gasteiger partial charge in [0.2, 0.25) is 0 Å². The van der Waals surface area contributed by atoms with E-state index in [-0.39, 0.29) is 11.5 Å². The van der Waals surface area contributed by atoms with Gasteiger partial charge in [0.15, 0.2) is 0 Å². The lowest BCUT2D eigenvalue weighted by atomic mass is 9.73. The fourth-order valence-electron chi connectivity index (χ4n) is 4.44. The van der Waals surface area contributed by atoms with E-state index < -0.39 is 6.10 Å². The lowest BCUT2D eigenvalue weighted by Gasteiger charge is -2.50. The highest BCUT2D eigenvalue weighted by Gasteiger charge is 2.42. The number of aromatic nitrogens is 1. The summed E-state index contributed by atoms with van der Waals surface area (Å²) in [5.41, 5.74) is 1.85. The van der Waals surface area contributed by atoms with Gasteiger partial charge in [-0.1, -0.05) is 6.08 Å². The van der Waals surface area contributed by atoms with E-state index in [0.717, 1.165) is 41.7 Å². The fraction of sp³-hybridized carbons (Fsp3) is 0.450. The van der Waals surface area contributed by atoms with E-state index in [0.29, 0.717) is 11.8 Å². The molecule has 25 heavy (non-hydrogen) atoms. The van der Waals surface area contributed by atoms with Gasteiger partial charge in [0.25, 0.3) is 0 Å². The van der Waals surface area contributed by atoms with Gasteiger partial charge in [-0.3, -0.25) is 9.88 Å². The number of hydrogen-bond acceptors (Lipinski definition) is 4. The summed E-state index contributed by atoms with van der Waals surface area (Å²) in [7, 11) is 1.66. The Hall–Kier alpha value is -1.95. The molecule has 5 nitrogen and oxygen atoms in total. The molecule has 3 fully saturated rings. The maximum Gasteiger partial charge on any atom is 0.119 e. The number of pyridine rings is 1. The molecule has 3 aliphatic rings. The minimum absolute atomic E-state index is 0. The van der Waals surface area contributed by atoms with Crippen molar-refractivity contribution < 1.29 is 15.3 Å². The Kier molecular flexibility index (Phi) is 5.08. The Morgan fingerprint density at radius 2 is 2.24 bits per heavy atom. The van der Waals surface area contributed by atoms with Crippen molar-refractivity contribution in [3.8, 4) is 5.75 Å². The van der Waals surface area contributed by atoms with Crippen LogP contribution in [0.2, 0.25) is 0 Å². The van der Waals surface area contributed by atoms with Gasteiger partial charge in [-0.05, 0) is 61.1 Å². The van der Waals surface area contributed by atoms with E-state index in [1.165, 1.54) is 6.42 Å². The number of hydrogen-bond donors (Lipinski definition) is 1. The fourth-order valence-corrected chi connectivity index (χ4v) is 4.44. The molecule has 5 heteroatoms. The van der Waals surface area contributed by atoms with Crippen LogP contribution in [0.4, 0.5) is 0 Å². The maximum atomic E-state index is 11.2. The van der Waals surface area contributed by atoms with Crippen LogP contribution in [-0.2, 0) is 0 Å². The lowest BCUT2D eigenvalue weighted by Crippen LogP contribution is -2.54. The van der Waals surface area contributed by atoms with Crippen molar-refractivity contribution in [3.05, 3.63) is 48.7 Å². The molecule has 0 amide bonds. The number of nitrogens with zero attached hydrogens (tertiary/aromatic N) is 2. The van der Waals surface area contributed by atoms with E-state index >= 15 is 0 Å². The largest absolute Gasteiger partial charge is 0.497 e. The molecule has 0 aliphatic carbocycles. The second kappa shape index (κ2) is 7.12. The molecule has 0 spiro atoms. The summed E-state index contributed by atoms with van der Waals surface area (Å²) < 4.78 is 5.35. The van der Waals surface area contributed by atoms with Crippen molar-refractivity contribution >= 4 is 10.9 Å². The molecule has 1 aromatic heterocycles. The van der Waals surface area contributed by atoms with Crippen LogP contribution in [0.15, 0.2) is 43.1 Å². The van der Waals surface area contributed by atoms with Gasteiger partial charge in [0.05, 0.1) is 18.7 Å². The second-order valence-electron chi connectivity index (χ2n) is 6.97. The molecule has 3 N–H and O–H groups in total. The number of piperidine rings is 3. The van der Waals surface area contributed by atoms with Gasteiger partial charge >= 0.3 is 0 Å². The summed E-state index contributed by atoms with van der Waals surface area (Å²) in [6, 6.07) is 7.96. The average molecular weight is 342 g/mol. The molecule has 5 atom stereocenters. The lowest BCUT2D eigenvalue weighted by molar-refractivity contribution is -0.0444. The molecule has 3 aliphatic heterocycles. The Morgan fingerprint density at radius 3 is 2.92 bits per heavy atom. The highest BCUT2D eigenvalue weighted by molar-refractivity contribution is 5.83. The van der Waals surface area contributed by atoms with Gasteiger partial charge in [-0.2, -0.15) is 0 Å². The van der Waals surface area contributed by atoms with Crippen molar-refractivity contribution in [1.29, 1.82) is 0 Å².